The first kappa shape index (κ1) is 27.9. The van der Waals surface area contributed by atoms with E-state index >= 15 is 0 Å². The molecule has 0 atom stereocenters. The number of carboxylic acid groups (broad SMARTS) is 1. The topological polar surface area (TPSA) is 152 Å². The van der Waals surface area contributed by atoms with E-state index in [1.54, 1.807) is 0 Å². The van der Waals surface area contributed by atoms with E-state index in [1.165, 1.54) is 37.4 Å². The molecule has 1 aromatic carbocycles. The maximum absolute atomic E-state index is 12.8. The molecule has 10 nitrogen and oxygen atoms in total. The fraction of sp³-hybridized carbons (Fsp3) is 0.417. The Morgan fingerprint density at radius 3 is 2.34 bits per heavy atom. The van der Waals surface area contributed by atoms with Crippen molar-refractivity contribution >= 4 is 27.8 Å². The first-order valence-corrected chi connectivity index (χ1v) is 12.8. The van der Waals surface area contributed by atoms with Crippen molar-refractivity contribution in [2.45, 2.75) is 50.3 Å². The number of ether oxygens (including phenoxy) is 1. The lowest BCUT2D eigenvalue weighted by atomic mass is 10.0. The number of aromatic nitrogens is 1. The van der Waals surface area contributed by atoms with Crippen LogP contribution in [-0.4, -0.2) is 56.6 Å². The van der Waals surface area contributed by atoms with Crippen molar-refractivity contribution in [1.29, 1.82) is 0 Å². The zero-order valence-corrected chi connectivity index (χ0v) is 20.7. The predicted octanol–water partition coefficient (Wildman–Crippen LogP) is 2.79. The molecular weight excluding hydrogens is 474 g/mol. The van der Waals surface area contributed by atoms with Gasteiger partial charge in [-0.3, -0.25) is 9.59 Å². The summed E-state index contributed by atoms with van der Waals surface area (Å²) in [5.41, 5.74) is 0.463. The van der Waals surface area contributed by atoms with Gasteiger partial charge in [-0.25, -0.2) is 22.9 Å². The summed E-state index contributed by atoms with van der Waals surface area (Å²) in [6.45, 7) is 2.74. The minimum absolute atomic E-state index is 0.00297. The molecule has 0 fully saturated rings. The molecule has 190 valence electrons. The maximum atomic E-state index is 12.8. The van der Waals surface area contributed by atoms with Gasteiger partial charge >= 0.3 is 5.97 Å². The minimum Gasteiger partial charge on any atom is -0.477 e. The average molecular weight is 506 g/mol. The molecule has 0 bridgehead atoms. The number of hydrogen-bond donors (Lipinski definition) is 3. The van der Waals surface area contributed by atoms with Crippen molar-refractivity contribution in [3.8, 4) is 0 Å². The van der Waals surface area contributed by atoms with Gasteiger partial charge < -0.3 is 15.2 Å². The molecule has 3 N–H and O–H groups in total. The summed E-state index contributed by atoms with van der Waals surface area (Å²) >= 11 is 0. The first-order chi connectivity index (χ1) is 16.7. The monoisotopic (exact) mass is 505 g/mol. The molecule has 0 saturated heterocycles. The van der Waals surface area contributed by atoms with Crippen LogP contribution >= 0.6 is 0 Å². The van der Waals surface area contributed by atoms with Gasteiger partial charge in [0.05, 0.1) is 17.1 Å². The smallest absolute Gasteiger partial charge is 0.354 e. The van der Waals surface area contributed by atoms with Gasteiger partial charge in [0.15, 0.2) is 0 Å². The van der Waals surface area contributed by atoms with E-state index in [4.69, 9.17) is 4.74 Å². The van der Waals surface area contributed by atoms with Crippen LogP contribution in [0.15, 0.2) is 41.4 Å². The molecule has 0 saturated carbocycles. The standard InChI is InChI=1S/C24H31N3O7S/c1-3-4-5-6-7-8-18-15-21(24(30)31)26-16-20(18)23(29)27-35(32,33)19-11-9-17(10-12-19)22(28)25-13-14-34-2/h9-12,15-16H,3-8,13-14H2,1-2H3,(H,25,28)(H,27,29)(H,30,31). The van der Waals surface area contributed by atoms with Crippen molar-refractivity contribution < 1.29 is 32.6 Å². The van der Waals surface area contributed by atoms with Gasteiger partial charge in [-0.15, -0.1) is 0 Å². The molecule has 2 aromatic rings. The molecule has 1 aromatic heterocycles. The van der Waals surface area contributed by atoms with Crippen LogP contribution < -0.4 is 10.0 Å². The number of amides is 2. The number of rotatable bonds is 14. The quantitative estimate of drug-likeness (QED) is 0.332. The van der Waals surface area contributed by atoms with Crippen LogP contribution in [0.4, 0.5) is 0 Å². The Labute approximate surface area is 205 Å². The van der Waals surface area contributed by atoms with Crippen LogP contribution in [0.5, 0.6) is 0 Å². The second-order valence-corrected chi connectivity index (χ2v) is 9.59. The second kappa shape index (κ2) is 13.5. The highest BCUT2D eigenvalue weighted by Crippen LogP contribution is 2.17. The van der Waals surface area contributed by atoms with Gasteiger partial charge in [0.25, 0.3) is 21.8 Å². The molecule has 1 heterocycles. The molecule has 0 aliphatic heterocycles. The van der Waals surface area contributed by atoms with Gasteiger partial charge in [-0.05, 0) is 48.7 Å². The van der Waals surface area contributed by atoms with Crippen molar-refractivity contribution in [3.63, 3.8) is 0 Å². The highest BCUT2D eigenvalue weighted by Gasteiger charge is 2.22. The Morgan fingerprint density at radius 2 is 1.71 bits per heavy atom. The molecule has 2 amide bonds. The molecule has 0 aliphatic rings. The fourth-order valence-corrected chi connectivity index (χ4v) is 4.30. The lowest BCUT2D eigenvalue weighted by molar-refractivity contribution is 0.0689. The summed E-state index contributed by atoms with van der Waals surface area (Å²) in [5.74, 6) is -2.52. The zero-order chi connectivity index (χ0) is 25.8. The van der Waals surface area contributed by atoms with E-state index in [0.717, 1.165) is 38.3 Å². The van der Waals surface area contributed by atoms with Crippen molar-refractivity contribution in [2.75, 3.05) is 20.3 Å². The van der Waals surface area contributed by atoms with E-state index in [9.17, 15) is 27.9 Å². The van der Waals surface area contributed by atoms with Crippen LogP contribution in [0.2, 0.25) is 0 Å². The zero-order valence-electron chi connectivity index (χ0n) is 19.9. The van der Waals surface area contributed by atoms with Crippen LogP contribution in [0.1, 0.15) is 75.8 Å². The number of pyridine rings is 1. The molecule has 35 heavy (non-hydrogen) atoms. The van der Waals surface area contributed by atoms with E-state index in [0.29, 0.717) is 25.1 Å². The van der Waals surface area contributed by atoms with Crippen LogP contribution in [-0.2, 0) is 21.2 Å². The third-order valence-electron chi connectivity index (χ3n) is 5.25. The van der Waals surface area contributed by atoms with Crippen molar-refractivity contribution in [3.05, 3.63) is 58.9 Å². The average Bonchev–Trinajstić information content (AvgIpc) is 2.83. The molecule has 11 heteroatoms. The summed E-state index contributed by atoms with van der Waals surface area (Å²) in [7, 11) is -2.73. The lowest BCUT2D eigenvalue weighted by Crippen LogP contribution is -2.31. The van der Waals surface area contributed by atoms with E-state index in [2.05, 4.69) is 17.2 Å². The highest BCUT2D eigenvalue weighted by molar-refractivity contribution is 7.90. The maximum Gasteiger partial charge on any atom is 0.354 e. The number of nitrogens with one attached hydrogen (secondary N) is 2. The summed E-state index contributed by atoms with van der Waals surface area (Å²) in [5, 5.41) is 11.9. The fourth-order valence-electron chi connectivity index (χ4n) is 3.33. The van der Waals surface area contributed by atoms with Crippen molar-refractivity contribution in [2.24, 2.45) is 0 Å². The Balaban J connectivity index is 2.16. The molecular formula is C24H31N3O7S. The number of carbonyl (C=O) groups is 3. The normalized spacial score (nSPS) is 11.1. The lowest BCUT2D eigenvalue weighted by Gasteiger charge is -2.12. The molecule has 2 rings (SSSR count). The number of aryl methyl sites for hydroxylation is 1. The predicted molar refractivity (Wildman–Crippen MR) is 129 cm³/mol. The number of nitrogens with zero attached hydrogens (tertiary/aromatic N) is 1. The number of hydrogen-bond acceptors (Lipinski definition) is 7. The number of methoxy groups -OCH3 is 1. The van der Waals surface area contributed by atoms with Crippen LogP contribution in [0.3, 0.4) is 0 Å². The molecule has 0 aliphatic carbocycles. The largest absolute Gasteiger partial charge is 0.477 e. The van der Waals surface area contributed by atoms with Gasteiger partial charge in [0.2, 0.25) is 0 Å². The van der Waals surface area contributed by atoms with Crippen LogP contribution in [0, 0.1) is 0 Å². The summed E-state index contributed by atoms with van der Waals surface area (Å²) < 4.78 is 32.4. The Kier molecular flexibility index (Phi) is 10.8. The Hall–Kier alpha value is -3.31. The van der Waals surface area contributed by atoms with Gasteiger partial charge in [0, 0.05) is 25.4 Å². The third-order valence-corrected chi connectivity index (χ3v) is 6.60. The number of carboxylic acids is 1. The minimum atomic E-state index is -4.24. The van der Waals surface area contributed by atoms with Crippen molar-refractivity contribution in [1.82, 2.24) is 15.0 Å². The van der Waals surface area contributed by atoms with Crippen LogP contribution in [0.25, 0.3) is 0 Å². The third kappa shape index (κ3) is 8.45. The highest BCUT2D eigenvalue weighted by atomic mass is 32.2. The Bertz CT molecular complexity index is 1130. The number of aromatic carboxylic acids is 1. The summed E-state index contributed by atoms with van der Waals surface area (Å²) in [6.07, 6.45) is 6.31. The summed E-state index contributed by atoms with van der Waals surface area (Å²) in [6, 6.07) is 6.43. The molecule has 0 unspecified atom stereocenters. The Morgan fingerprint density at radius 1 is 1.03 bits per heavy atom. The van der Waals surface area contributed by atoms with Gasteiger partial charge in [-0.1, -0.05) is 32.6 Å². The number of carbonyl (C=O) groups excluding carboxylic acids is 2. The van der Waals surface area contributed by atoms with Gasteiger partial charge in [0.1, 0.15) is 5.69 Å². The molecule has 0 radical (unpaired) electrons. The number of benzene rings is 1. The van der Waals surface area contributed by atoms with Gasteiger partial charge in [-0.2, -0.15) is 0 Å². The molecule has 0 spiro atoms. The summed E-state index contributed by atoms with van der Waals surface area (Å²) in [4.78, 5) is 39.8. The second-order valence-electron chi connectivity index (χ2n) is 7.90. The first-order valence-electron chi connectivity index (χ1n) is 11.4. The number of unbranched alkanes of at least 4 members (excludes halogenated alkanes) is 4. The SMILES string of the molecule is CCCCCCCc1cc(C(=O)O)ncc1C(=O)NS(=O)(=O)c1ccc(C(=O)NCCOC)cc1. The van der Waals surface area contributed by atoms with E-state index in [1.807, 2.05) is 4.72 Å². The number of sulfonamides is 1. The van der Waals surface area contributed by atoms with E-state index < -0.39 is 21.9 Å². The van der Waals surface area contributed by atoms with E-state index in [-0.39, 0.29) is 27.6 Å².